The number of nitrogens with two attached hydrogens (primary N) is 1. The van der Waals surface area contributed by atoms with Gasteiger partial charge in [0.1, 0.15) is 0 Å². The van der Waals surface area contributed by atoms with E-state index in [4.69, 9.17) is 17.3 Å². The Bertz CT molecular complexity index is 1250. The molecule has 9 nitrogen and oxygen atoms in total. The molecule has 0 fully saturated rings. The number of nitrogens with one attached hydrogen (secondary N) is 2. The van der Waals surface area contributed by atoms with E-state index in [1.54, 1.807) is 4.90 Å². The third-order valence-corrected chi connectivity index (χ3v) is 4.78. The van der Waals surface area contributed by atoms with Crippen LogP contribution < -0.4 is 21.2 Å². The number of aromatic nitrogens is 5. The lowest BCUT2D eigenvalue weighted by Crippen LogP contribution is -2.25. The van der Waals surface area contributed by atoms with Gasteiger partial charge in [0.2, 0.25) is 11.9 Å². The van der Waals surface area contributed by atoms with E-state index >= 15 is 0 Å². The van der Waals surface area contributed by atoms with Gasteiger partial charge in [-0.15, -0.1) is 0 Å². The maximum Gasteiger partial charge on any atom is 0.323 e. The number of H-pyrrole nitrogens is 2. The zero-order valence-corrected chi connectivity index (χ0v) is 17.3. The highest BCUT2D eigenvalue weighted by molar-refractivity contribution is 6.30. The predicted octanol–water partition coefficient (Wildman–Crippen LogP) is 2.55. The van der Waals surface area contributed by atoms with Gasteiger partial charge in [-0.1, -0.05) is 23.7 Å². The van der Waals surface area contributed by atoms with Gasteiger partial charge in [-0.25, -0.2) is 4.79 Å². The van der Waals surface area contributed by atoms with Crippen LogP contribution in [-0.2, 0) is 13.1 Å². The molecular formula is C20H21ClN8O. The topological polar surface area (TPSA) is 120 Å². The fraction of sp³-hybridized carbons (Fsp3) is 0.200. The maximum absolute atomic E-state index is 11.6. The minimum absolute atomic E-state index is 0.164. The molecule has 4 aromatic rings. The quantitative estimate of drug-likeness (QED) is 0.435. The molecule has 4 N–H and O–H groups in total. The molecule has 10 heteroatoms. The number of imidazole rings is 1. The smallest absolute Gasteiger partial charge is 0.323 e. The Hall–Kier alpha value is -3.59. The normalized spacial score (nSPS) is 11.0. The summed E-state index contributed by atoms with van der Waals surface area (Å²) in [6, 6.07) is 13.4. The Balaban J connectivity index is 1.73. The second-order valence-electron chi connectivity index (χ2n) is 7.10. The molecule has 0 radical (unpaired) electrons. The number of hydrogen-bond acceptors (Lipinski definition) is 7. The van der Waals surface area contributed by atoms with Crippen molar-refractivity contribution in [2.45, 2.75) is 13.1 Å². The van der Waals surface area contributed by atoms with Gasteiger partial charge in [0, 0.05) is 31.4 Å². The number of anilines is 3. The standard InChI is InChI=1S/C20H21ClN8O/c1-28(2)19-26-17(25-18(22)27-19)11-29(10-12-4-3-5-13(21)8-12)14-6-7-15-16(9-14)24-20(30)23-15/h3-9H,10-11H2,1-2H3,(H2,23,24,30)(H2,22,25,26,27). The Morgan fingerprint density at radius 3 is 2.57 bits per heavy atom. The lowest BCUT2D eigenvalue weighted by atomic mass is 10.2. The van der Waals surface area contributed by atoms with Crippen molar-refractivity contribution < 1.29 is 0 Å². The molecule has 0 unspecified atom stereocenters. The average molecular weight is 425 g/mol. The van der Waals surface area contributed by atoms with E-state index in [1.165, 1.54) is 0 Å². The second-order valence-corrected chi connectivity index (χ2v) is 7.54. The molecular weight excluding hydrogens is 404 g/mol. The summed E-state index contributed by atoms with van der Waals surface area (Å²) in [7, 11) is 3.69. The van der Waals surface area contributed by atoms with Gasteiger partial charge in [-0.3, -0.25) is 0 Å². The minimum atomic E-state index is -0.246. The van der Waals surface area contributed by atoms with Crippen molar-refractivity contribution in [1.29, 1.82) is 0 Å². The van der Waals surface area contributed by atoms with Gasteiger partial charge < -0.3 is 25.5 Å². The van der Waals surface area contributed by atoms with Gasteiger partial charge in [-0.2, -0.15) is 15.0 Å². The molecule has 0 saturated carbocycles. The molecule has 4 rings (SSSR count). The third kappa shape index (κ3) is 4.36. The van der Waals surface area contributed by atoms with Crippen LogP contribution in [0, 0.1) is 0 Å². The van der Waals surface area contributed by atoms with Crippen molar-refractivity contribution in [2.24, 2.45) is 0 Å². The number of aromatic amines is 2. The van der Waals surface area contributed by atoms with Crippen molar-refractivity contribution in [3.05, 3.63) is 69.4 Å². The number of benzene rings is 2. The zero-order valence-electron chi connectivity index (χ0n) is 16.6. The van der Waals surface area contributed by atoms with Crippen molar-refractivity contribution >= 4 is 40.2 Å². The highest BCUT2D eigenvalue weighted by Crippen LogP contribution is 2.24. The lowest BCUT2D eigenvalue weighted by molar-refractivity contribution is 0.748. The molecule has 0 aliphatic heterocycles. The first-order valence-electron chi connectivity index (χ1n) is 9.26. The van der Waals surface area contributed by atoms with Gasteiger partial charge >= 0.3 is 5.69 Å². The lowest BCUT2D eigenvalue weighted by Gasteiger charge is -2.25. The van der Waals surface area contributed by atoms with E-state index in [0.717, 1.165) is 22.3 Å². The van der Waals surface area contributed by atoms with Crippen LogP contribution in [-0.4, -0.2) is 39.0 Å². The van der Waals surface area contributed by atoms with Crippen LogP contribution in [0.1, 0.15) is 11.4 Å². The second kappa shape index (κ2) is 8.03. The fourth-order valence-electron chi connectivity index (χ4n) is 3.18. The van der Waals surface area contributed by atoms with Crippen LogP contribution in [0.5, 0.6) is 0 Å². The number of halogens is 1. The molecule has 2 heterocycles. The third-order valence-electron chi connectivity index (χ3n) is 4.55. The summed E-state index contributed by atoms with van der Waals surface area (Å²) < 4.78 is 0. The van der Waals surface area contributed by atoms with Crippen LogP contribution in [0.3, 0.4) is 0 Å². The molecule has 0 aliphatic rings. The summed E-state index contributed by atoms with van der Waals surface area (Å²) in [4.78, 5) is 34.0. The van der Waals surface area contributed by atoms with Gasteiger partial charge in [0.25, 0.3) is 0 Å². The van der Waals surface area contributed by atoms with E-state index in [0.29, 0.717) is 29.9 Å². The number of nitrogens with zero attached hydrogens (tertiary/aromatic N) is 5. The fourth-order valence-corrected chi connectivity index (χ4v) is 3.39. The molecule has 0 bridgehead atoms. The van der Waals surface area contributed by atoms with E-state index < -0.39 is 0 Å². The Labute approximate surface area is 177 Å². The molecule has 0 atom stereocenters. The first kappa shape index (κ1) is 19.7. The monoisotopic (exact) mass is 424 g/mol. The Morgan fingerprint density at radius 2 is 1.80 bits per heavy atom. The van der Waals surface area contributed by atoms with Crippen LogP contribution in [0.25, 0.3) is 11.0 Å². The molecule has 30 heavy (non-hydrogen) atoms. The minimum Gasteiger partial charge on any atom is -0.368 e. The Kier molecular flexibility index (Phi) is 5.28. The summed E-state index contributed by atoms with van der Waals surface area (Å²) in [6.45, 7) is 0.948. The van der Waals surface area contributed by atoms with Crippen LogP contribution in [0.4, 0.5) is 17.6 Å². The van der Waals surface area contributed by atoms with Gasteiger partial charge in [-0.05, 0) is 35.9 Å². The van der Waals surface area contributed by atoms with E-state index in [-0.39, 0.29) is 11.6 Å². The van der Waals surface area contributed by atoms with Crippen molar-refractivity contribution in [3.8, 4) is 0 Å². The van der Waals surface area contributed by atoms with E-state index in [9.17, 15) is 4.79 Å². The maximum atomic E-state index is 11.6. The zero-order chi connectivity index (χ0) is 21.3. The predicted molar refractivity (Wildman–Crippen MR) is 119 cm³/mol. The Morgan fingerprint density at radius 1 is 1.00 bits per heavy atom. The number of hydrogen-bond donors (Lipinski definition) is 3. The summed E-state index contributed by atoms with van der Waals surface area (Å²) in [5, 5.41) is 0.664. The van der Waals surface area contributed by atoms with Gasteiger partial charge in [0.05, 0.1) is 17.6 Å². The highest BCUT2D eigenvalue weighted by Gasteiger charge is 2.14. The number of fused-ring (bicyclic) bond motifs is 1. The van der Waals surface area contributed by atoms with Crippen molar-refractivity contribution in [1.82, 2.24) is 24.9 Å². The largest absolute Gasteiger partial charge is 0.368 e. The first-order valence-corrected chi connectivity index (χ1v) is 9.64. The summed E-state index contributed by atoms with van der Waals surface area (Å²) >= 11 is 6.17. The summed E-state index contributed by atoms with van der Waals surface area (Å²) in [6.07, 6.45) is 0. The van der Waals surface area contributed by atoms with E-state index in [1.807, 2.05) is 56.6 Å². The summed E-state index contributed by atoms with van der Waals surface area (Å²) in [5.74, 6) is 1.19. The summed E-state index contributed by atoms with van der Waals surface area (Å²) in [5.41, 5.74) is 9.03. The molecule has 0 aliphatic carbocycles. The molecule has 2 aromatic carbocycles. The van der Waals surface area contributed by atoms with Crippen molar-refractivity contribution in [2.75, 3.05) is 29.6 Å². The highest BCUT2D eigenvalue weighted by atomic mass is 35.5. The average Bonchev–Trinajstić information content (AvgIpc) is 3.06. The molecule has 0 saturated heterocycles. The van der Waals surface area contributed by atoms with Crippen LogP contribution in [0.2, 0.25) is 5.02 Å². The number of nitrogen functional groups attached to an aromatic ring is 1. The molecule has 154 valence electrons. The van der Waals surface area contributed by atoms with Crippen LogP contribution >= 0.6 is 11.6 Å². The SMILES string of the molecule is CN(C)c1nc(N)nc(CN(Cc2cccc(Cl)c2)c2ccc3[nH]c(=O)[nH]c3c2)n1. The molecule has 2 aromatic heterocycles. The molecule has 0 amide bonds. The first-order chi connectivity index (χ1) is 14.4. The van der Waals surface area contributed by atoms with Gasteiger partial charge in [0.15, 0.2) is 5.82 Å². The molecule has 0 spiro atoms. The van der Waals surface area contributed by atoms with Crippen molar-refractivity contribution in [3.63, 3.8) is 0 Å². The van der Waals surface area contributed by atoms with Crippen LogP contribution in [0.15, 0.2) is 47.3 Å². The van der Waals surface area contributed by atoms with E-state index in [2.05, 4.69) is 29.8 Å². The number of rotatable bonds is 6.